The van der Waals surface area contributed by atoms with Gasteiger partial charge in [0.2, 0.25) is 0 Å². The molecule has 2 heterocycles. The quantitative estimate of drug-likeness (QED) is 0.825. The van der Waals surface area contributed by atoms with Crippen molar-refractivity contribution in [3.8, 4) is 0 Å². The number of rotatable bonds is 4. The van der Waals surface area contributed by atoms with Crippen molar-refractivity contribution in [1.82, 2.24) is 9.88 Å². The molecule has 0 saturated carbocycles. The molecule has 0 amide bonds. The van der Waals surface area contributed by atoms with Gasteiger partial charge in [0.05, 0.1) is 17.7 Å². The summed E-state index contributed by atoms with van der Waals surface area (Å²) in [5, 5.41) is 2.48. The molecule has 0 aliphatic rings. The predicted molar refractivity (Wildman–Crippen MR) is 61.0 cm³/mol. The number of aromatic nitrogens is 1. The van der Waals surface area contributed by atoms with E-state index in [4.69, 9.17) is 16.0 Å². The van der Waals surface area contributed by atoms with Gasteiger partial charge in [-0.15, -0.1) is 11.3 Å². The lowest BCUT2D eigenvalue weighted by Gasteiger charge is -2.12. The van der Waals surface area contributed by atoms with Gasteiger partial charge < -0.3 is 4.42 Å². The van der Waals surface area contributed by atoms with E-state index >= 15 is 0 Å². The summed E-state index contributed by atoms with van der Waals surface area (Å²) in [6, 6.07) is 3.65. The Morgan fingerprint density at radius 1 is 1.47 bits per heavy atom. The van der Waals surface area contributed by atoms with Gasteiger partial charge in [-0.3, -0.25) is 4.90 Å². The molecular weight excluding hydrogens is 232 g/mol. The van der Waals surface area contributed by atoms with Crippen LogP contribution in [0.15, 0.2) is 27.4 Å². The number of hydrogen-bond donors (Lipinski definition) is 0. The lowest BCUT2D eigenvalue weighted by atomic mass is 10.4. The van der Waals surface area contributed by atoms with Crippen LogP contribution < -0.4 is 0 Å². The summed E-state index contributed by atoms with van der Waals surface area (Å²) in [4.78, 5) is 6.35. The van der Waals surface area contributed by atoms with Gasteiger partial charge in [-0.1, -0.05) is 0 Å². The second-order valence-electron chi connectivity index (χ2n) is 3.36. The SMILES string of the molecule is CN(Cc1cscn1)Cc1ccc(Cl)o1. The van der Waals surface area contributed by atoms with E-state index in [1.165, 1.54) is 0 Å². The molecule has 3 nitrogen and oxygen atoms in total. The van der Waals surface area contributed by atoms with Gasteiger partial charge in [0, 0.05) is 11.9 Å². The zero-order valence-electron chi connectivity index (χ0n) is 8.31. The maximum Gasteiger partial charge on any atom is 0.193 e. The molecule has 0 bridgehead atoms. The van der Waals surface area contributed by atoms with Gasteiger partial charge in [0.1, 0.15) is 5.76 Å². The van der Waals surface area contributed by atoms with Crippen molar-refractivity contribution >= 4 is 22.9 Å². The van der Waals surface area contributed by atoms with Crippen LogP contribution in [-0.4, -0.2) is 16.9 Å². The summed E-state index contributed by atoms with van der Waals surface area (Å²) in [6.07, 6.45) is 0. The van der Waals surface area contributed by atoms with Crippen LogP contribution in [0.25, 0.3) is 0 Å². The number of hydrogen-bond acceptors (Lipinski definition) is 4. The van der Waals surface area contributed by atoms with Crippen LogP contribution in [0.3, 0.4) is 0 Å². The highest BCUT2D eigenvalue weighted by molar-refractivity contribution is 7.07. The standard InChI is InChI=1S/C10H11ClN2OS/c1-13(4-8-6-15-7-12-8)5-9-2-3-10(11)14-9/h2-3,6-7H,4-5H2,1H3. The zero-order valence-corrected chi connectivity index (χ0v) is 9.88. The second kappa shape index (κ2) is 4.79. The number of furan rings is 1. The summed E-state index contributed by atoms with van der Waals surface area (Å²) in [6.45, 7) is 1.56. The van der Waals surface area contributed by atoms with E-state index in [9.17, 15) is 0 Å². The van der Waals surface area contributed by atoms with Crippen molar-refractivity contribution in [1.29, 1.82) is 0 Å². The molecule has 0 atom stereocenters. The largest absolute Gasteiger partial charge is 0.448 e. The second-order valence-corrected chi connectivity index (χ2v) is 4.45. The summed E-state index contributed by atoms with van der Waals surface area (Å²) >= 11 is 7.30. The fraction of sp³-hybridized carbons (Fsp3) is 0.300. The molecule has 0 aliphatic carbocycles. The predicted octanol–water partition coefficient (Wildman–Crippen LogP) is 3.02. The first kappa shape index (κ1) is 10.7. The summed E-state index contributed by atoms with van der Waals surface area (Å²) < 4.78 is 5.28. The first-order chi connectivity index (χ1) is 7.24. The summed E-state index contributed by atoms with van der Waals surface area (Å²) in [5.74, 6) is 0.873. The molecule has 5 heteroatoms. The third-order valence-electron chi connectivity index (χ3n) is 1.97. The molecule has 0 saturated heterocycles. The van der Waals surface area contributed by atoms with E-state index in [1.807, 2.05) is 24.0 Å². The monoisotopic (exact) mass is 242 g/mol. The smallest absolute Gasteiger partial charge is 0.193 e. The average molecular weight is 243 g/mol. The third-order valence-corrected chi connectivity index (χ3v) is 2.81. The molecule has 0 aliphatic heterocycles. The Hall–Kier alpha value is -0.840. The Morgan fingerprint density at radius 3 is 2.93 bits per heavy atom. The lowest BCUT2D eigenvalue weighted by Crippen LogP contribution is -2.16. The van der Waals surface area contributed by atoms with Gasteiger partial charge in [-0.25, -0.2) is 4.98 Å². The van der Waals surface area contributed by atoms with Crippen LogP contribution >= 0.6 is 22.9 Å². The molecule has 2 aromatic heterocycles. The van der Waals surface area contributed by atoms with Crippen molar-refractivity contribution in [3.63, 3.8) is 0 Å². The van der Waals surface area contributed by atoms with Crippen molar-refractivity contribution in [3.05, 3.63) is 39.7 Å². The Balaban J connectivity index is 1.90. The van der Waals surface area contributed by atoms with Gasteiger partial charge in [-0.05, 0) is 30.8 Å². The molecule has 0 N–H and O–H groups in total. The molecule has 0 fully saturated rings. The first-order valence-electron chi connectivity index (χ1n) is 4.54. The highest BCUT2D eigenvalue weighted by Gasteiger charge is 2.06. The minimum atomic E-state index is 0.437. The van der Waals surface area contributed by atoms with Crippen LogP contribution in [0.4, 0.5) is 0 Å². The average Bonchev–Trinajstić information content (AvgIpc) is 2.77. The normalized spacial score (nSPS) is 11.1. The lowest BCUT2D eigenvalue weighted by molar-refractivity contribution is 0.285. The maximum atomic E-state index is 5.69. The Kier molecular flexibility index (Phi) is 3.41. The van der Waals surface area contributed by atoms with Crippen molar-refractivity contribution in [2.24, 2.45) is 0 Å². The Labute approximate surface area is 97.3 Å². The molecule has 0 unspecified atom stereocenters. The third kappa shape index (κ3) is 3.06. The van der Waals surface area contributed by atoms with Crippen LogP contribution in [0.1, 0.15) is 11.5 Å². The van der Waals surface area contributed by atoms with Crippen molar-refractivity contribution in [2.75, 3.05) is 7.05 Å². The summed E-state index contributed by atoms with van der Waals surface area (Å²) in [7, 11) is 2.02. The van der Waals surface area contributed by atoms with Gasteiger partial charge >= 0.3 is 0 Å². The molecule has 80 valence electrons. The highest BCUT2D eigenvalue weighted by Crippen LogP contribution is 2.15. The fourth-order valence-corrected chi connectivity index (χ4v) is 2.06. The van der Waals surface area contributed by atoms with E-state index < -0.39 is 0 Å². The fourth-order valence-electron chi connectivity index (χ4n) is 1.35. The number of thiazole rings is 1. The number of nitrogens with zero attached hydrogens (tertiary/aromatic N) is 2. The molecule has 0 aromatic carbocycles. The van der Waals surface area contributed by atoms with E-state index in [2.05, 4.69) is 9.88 Å². The van der Waals surface area contributed by atoms with Crippen molar-refractivity contribution < 1.29 is 4.42 Å². The first-order valence-corrected chi connectivity index (χ1v) is 5.86. The molecule has 0 spiro atoms. The van der Waals surface area contributed by atoms with E-state index in [0.29, 0.717) is 5.22 Å². The van der Waals surface area contributed by atoms with E-state index in [1.54, 1.807) is 17.4 Å². The minimum Gasteiger partial charge on any atom is -0.448 e. The molecule has 2 rings (SSSR count). The van der Waals surface area contributed by atoms with Crippen LogP contribution in [-0.2, 0) is 13.1 Å². The molecule has 2 aromatic rings. The topological polar surface area (TPSA) is 29.3 Å². The van der Waals surface area contributed by atoms with Crippen LogP contribution in [0.2, 0.25) is 5.22 Å². The van der Waals surface area contributed by atoms with Gasteiger partial charge in [0.15, 0.2) is 5.22 Å². The van der Waals surface area contributed by atoms with Gasteiger partial charge in [0.25, 0.3) is 0 Å². The molecule has 0 radical (unpaired) electrons. The van der Waals surface area contributed by atoms with Crippen LogP contribution in [0.5, 0.6) is 0 Å². The van der Waals surface area contributed by atoms with Crippen molar-refractivity contribution in [2.45, 2.75) is 13.1 Å². The van der Waals surface area contributed by atoms with E-state index in [-0.39, 0.29) is 0 Å². The molecule has 15 heavy (non-hydrogen) atoms. The number of halogens is 1. The Bertz CT molecular complexity index is 413. The maximum absolute atomic E-state index is 5.69. The zero-order chi connectivity index (χ0) is 10.7. The van der Waals surface area contributed by atoms with Gasteiger partial charge in [-0.2, -0.15) is 0 Å². The minimum absolute atomic E-state index is 0.437. The Morgan fingerprint density at radius 2 is 2.33 bits per heavy atom. The summed E-state index contributed by atoms with van der Waals surface area (Å²) in [5.41, 5.74) is 2.92. The molecular formula is C10H11ClN2OS. The highest BCUT2D eigenvalue weighted by atomic mass is 35.5. The van der Waals surface area contributed by atoms with E-state index in [0.717, 1.165) is 24.5 Å². The van der Waals surface area contributed by atoms with Crippen LogP contribution in [0, 0.1) is 0 Å².